The van der Waals surface area contributed by atoms with E-state index in [2.05, 4.69) is 15.2 Å². The molecule has 0 saturated carbocycles. The third-order valence-electron chi connectivity index (χ3n) is 5.48. The zero-order chi connectivity index (χ0) is 23.0. The maximum atomic E-state index is 13.0. The summed E-state index contributed by atoms with van der Waals surface area (Å²) in [6, 6.07) is 8.07. The summed E-state index contributed by atoms with van der Waals surface area (Å²) in [6.07, 6.45) is 5.00. The standard InChI is InChI=1S/C22H21N5O5S/c1-31-9-7-26-14-18(12-23-26)33(29,30)17-3-4-19-15(10-17)11-24-27(22(19)28)13-16-2-5-21-20(25-16)6-8-32-21/h2-5,10-12,14H,6-9,13H2,1H3. The smallest absolute Gasteiger partial charge is 0.274 e. The van der Waals surface area contributed by atoms with Gasteiger partial charge in [-0.15, -0.1) is 0 Å². The number of sulfone groups is 1. The highest BCUT2D eigenvalue weighted by atomic mass is 32.2. The highest BCUT2D eigenvalue weighted by Gasteiger charge is 2.21. The predicted octanol–water partition coefficient (Wildman–Crippen LogP) is 1.45. The second kappa shape index (κ2) is 8.41. The molecular weight excluding hydrogens is 446 g/mol. The van der Waals surface area contributed by atoms with Crippen molar-refractivity contribution in [3.63, 3.8) is 0 Å². The molecule has 0 saturated heterocycles. The molecule has 0 amide bonds. The van der Waals surface area contributed by atoms with Gasteiger partial charge in [0.15, 0.2) is 0 Å². The Morgan fingerprint density at radius 1 is 1.12 bits per heavy atom. The van der Waals surface area contributed by atoms with Gasteiger partial charge >= 0.3 is 0 Å². The van der Waals surface area contributed by atoms with E-state index in [1.54, 1.807) is 7.11 Å². The molecule has 4 heterocycles. The van der Waals surface area contributed by atoms with Gasteiger partial charge < -0.3 is 9.47 Å². The summed E-state index contributed by atoms with van der Waals surface area (Å²) < 4.78 is 39.4. The van der Waals surface area contributed by atoms with E-state index < -0.39 is 9.84 Å². The maximum absolute atomic E-state index is 13.0. The van der Waals surface area contributed by atoms with Crippen LogP contribution in [-0.2, 0) is 34.1 Å². The molecule has 0 bridgehead atoms. The minimum Gasteiger partial charge on any atom is -0.491 e. The van der Waals surface area contributed by atoms with E-state index in [9.17, 15) is 13.2 Å². The lowest BCUT2D eigenvalue weighted by atomic mass is 10.2. The first-order valence-electron chi connectivity index (χ1n) is 10.3. The van der Waals surface area contributed by atoms with Crippen LogP contribution in [0, 0.1) is 0 Å². The number of nitrogens with zero attached hydrogens (tertiary/aromatic N) is 5. The number of rotatable bonds is 7. The number of pyridine rings is 1. The van der Waals surface area contributed by atoms with E-state index in [0.29, 0.717) is 36.2 Å². The van der Waals surface area contributed by atoms with Crippen LogP contribution in [-0.4, -0.2) is 53.3 Å². The van der Waals surface area contributed by atoms with E-state index in [1.807, 2.05) is 12.1 Å². The van der Waals surface area contributed by atoms with Gasteiger partial charge in [0.25, 0.3) is 5.56 Å². The van der Waals surface area contributed by atoms with Gasteiger partial charge in [-0.3, -0.25) is 14.5 Å². The summed E-state index contributed by atoms with van der Waals surface area (Å²) >= 11 is 0. The lowest BCUT2D eigenvalue weighted by Gasteiger charge is -2.08. The fraction of sp³-hybridized carbons (Fsp3) is 0.273. The SMILES string of the molecule is COCCn1cc(S(=O)(=O)c2ccc3c(=O)n(Cc4ccc5c(n4)CCO5)ncc3c2)cn1. The molecule has 0 atom stereocenters. The molecule has 0 unspecified atom stereocenters. The van der Waals surface area contributed by atoms with Crippen LogP contribution in [0.25, 0.3) is 10.8 Å². The van der Waals surface area contributed by atoms with Crippen LogP contribution in [0.3, 0.4) is 0 Å². The van der Waals surface area contributed by atoms with Crippen molar-refractivity contribution in [2.24, 2.45) is 0 Å². The Morgan fingerprint density at radius 2 is 2.00 bits per heavy atom. The number of hydrogen-bond acceptors (Lipinski definition) is 8. The molecule has 4 aromatic rings. The molecule has 170 valence electrons. The van der Waals surface area contributed by atoms with Crippen LogP contribution >= 0.6 is 0 Å². The van der Waals surface area contributed by atoms with Gasteiger partial charge in [-0.1, -0.05) is 0 Å². The van der Waals surface area contributed by atoms with Crippen molar-refractivity contribution in [2.75, 3.05) is 20.3 Å². The number of hydrogen-bond donors (Lipinski definition) is 0. The van der Waals surface area contributed by atoms with Crippen LogP contribution in [0.5, 0.6) is 5.75 Å². The van der Waals surface area contributed by atoms with Gasteiger partial charge in [-0.05, 0) is 30.3 Å². The van der Waals surface area contributed by atoms with E-state index in [-0.39, 0.29) is 21.9 Å². The lowest BCUT2D eigenvalue weighted by Crippen LogP contribution is -2.24. The zero-order valence-electron chi connectivity index (χ0n) is 17.8. The van der Waals surface area contributed by atoms with Gasteiger partial charge in [0.1, 0.15) is 10.6 Å². The Bertz CT molecular complexity index is 1510. The summed E-state index contributed by atoms with van der Waals surface area (Å²) in [5, 5.41) is 9.13. The normalized spacial score (nSPS) is 13.2. The highest BCUT2D eigenvalue weighted by Crippen LogP contribution is 2.24. The van der Waals surface area contributed by atoms with Crippen molar-refractivity contribution in [2.45, 2.75) is 29.3 Å². The minimum atomic E-state index is -3.79. The molecule has 0 fully saturated rings. The van der Waals surface area contributed by atoms with E-state index in [4.69, 9.17) is 9.47 Å². The van der Waals surface area contributed by atoms with Gasteiger partial charge in [0, 0.05) is 25.1 Å². The number of methoxy groups -OCH3 is 1. The lowest BCUT2D eigenvalue weighted by molar-refractivity contribution is 0.183. The van der Waals surface area contributed by atoms with Crippen molar-refractivity contribution in [3.05, 3.63) is 70.7 Å². The van der Waals surface area contributed by atoms with Crippen LogP contribution in [0.2, 0.25) is 0 Å². The molecule has 0 aliphatic carbocycles. The highest BCUT2D eigenvalue weighted by molar-refractivity contribution is 7.91. The van der Waals surface area contributed by atoms with E-state index in [1.165, 1.54) is 46.2 Å². The molecule has 0 spiro atoms. The average Bonchev–Trinajstić information content (AvgIpc) is 3.49. The van der Waals surface area contributed by atoms with Gasteiger partial charge in [0.2, 0.25) is 9.84 Å². The Morgan fingerprint density at radius 3 is 2.85 bits per heavy atom. The molecule has 0 radical (unpaired) electrons. The van der Waals surface area contributed by atoms with Crippen molar-refractivity contribution in [1.82, 2.24) is 24.5 Å². The van der Waals surface area contributed by atoms with Crippen LogP contribution in [0.15, 0.2) is 63.5 Å². The Hall–Kier alpha value is -3.57. The summed E-state index contributed by atoms with van der Waals surface area (Å²) in [6.45, 7) is 1.69. The number of fused-ring (bicyclic) bond motifs is 2. The maximum Gasteiger partial charge on any atom is 0.274 e. The van der Waals surface area contributed by atoms with Gasteiger partial charge in [-0.25, -0.2) is 13.1 Å². The third-order valence-corrected chi connectivity index (χ3v) is 7.18. The molecule has 1 aliphatic heterocycles. The molecule has 1 aliphatic rings. The van der Waals surface area contributed by atoms with Crippen molar-refractivity contribution >= 4 is 20.6 Å². The van der Waals surface area contributed by atoms with Crippen LogP contribution < -0.4 is 10.3 Å². The predicted molar refractivity (Wildman–Crippen MR) is 118 cm³/mol. The van der Waals surface area contributed by atoms with Crippen molar-refractivity contribution < 1.29 is 17.9 Å². The molecule has 10 nitrogen and oxygen atoms in total. The quantitative estimate of drug-likeness (QED) is 0.401. The number of ether oxygens (including phenoxy) is 2. The van der Waals surface area contributed by atoms with Crippen LogP contribution in [0.4, 0.5) is 0 Å². The number of benzene rings is 1. The monoisotopic (exact) mass is 467 g/mol. The summed E-state index contributed by atoms with van der Waals surface area (Å²) in [5.41, 5.74) is 1.27. The molecule has 3 aromatic heterocycles. The molecular formula is C22H21N5O5S. The Balaban J connectivity index is 1.44. The second-order valence-electron chi connectivity index (χ2n) is 7.64. The van der Waals surface area contributed by atoms with Crippen molar-refractivity contribution in [1.29, 1.82) is 0 Å². The molecule has 11 heteroatoms. The first-order valence-corrected chi connectivity index (χ1v) is 11.8. The Kier molecular flexibility index (Phi) is 5.43. The second-order valence-corrected chi connectivity index (χ2v) is 9.59. The molecule has 5 rings (SSSR count). The van der Waals surface area contributed by atoms with E-state index >= 15 is 0 Å². The molecule has 1 aromatic carbocycles. The topological polar surface area (TPSA) is 118 Å². The fourth-order valence-corrected chi connectivity index (χ4v) is 4.96. The first kappa shape index (κ1) is 21.3. The van der Waals surface area contributed by atoms with E-state index in [0.717, 1.165) is 17.9 Å². The number of aromatic nitrogens is 5. The summed E-state index contributed by atoms with van der Waals surface area (Å²) in [4.78, 5) is 17.7. The molecule has 0 N–H and O–H groups in total. The zero-order valence-corrected chi connectivity index (χ0v) is 18.7. The first-order chi connectivity index (χ1) is 16.0. The van der Waals surface area contributed by atoms with Gasteiger partial charge in [-0.2, -0.15) is 10.2 Å². The fourth-order valence-electron chi connectivity index (χ4n) is 3.72. The Labute approximate surface area is 189 Å². The third kappa shape index (κ3) is 4.00. The van der Waals surface area contributed by atoms with Crippen molar-refractivity contribution in [3.8, 4) is 5.75 Å². The minimum absolute atomic E-state index is 0.0699. The largest absolute Gasteiger partial charge is 0.491 e. The summed E-state index contributed by atoms with van der Waals surface area (Å²) in [5.74, 6) is 0.774. The average molecular weight is 468 g/mol. The van der Waals surface area contributed by atoms with Gasteiger partial charge in [0.05, 0.1) is 60.4 Å². The summed E-state index contributed by atoms with van der Waals surface area (Å²) in [7, 11) is -2.23. The molecule has 33 heavy (non-hydrogen) atoms. The van der Waals surface area contributed by atoms with Crippen LogP contribution in [0.1, 0.15) is 11.4 Å².